The van der Waals surface area contributed by atoms with Gasteiger partial charge in [-0.15, -0.1) is 0 Å². The Morgan fingerprint density at radius 3 is 2.55 bits per heavy atom. The summed E-state index contributed by atoms with van der Waals surface area (Å²) in [7, 11) is 0. The third kappa shape index (κ3) is 4.34. The van der Waals surface area contributed by atoms with Crippen molar-refractivity contribution in [3.05, 3.63) is 11.6 Å². The van der Waals surface area contributed by atoms with Crippen LogP contribution < -0.4 is 0 Å². The van der Waals surface area contributed by atoms with Crippen LogP contribution in [0.25, 0.3) is 0 Å². The molecule has 3 atom stereocenters. The van der Waals surface area contributed by atoms with Gasteiger partial charge in [0.2, 0.25) is 0 Å². The van der Waals surface area contributed by atoms with E-state index in [4.69, 9.17) is 0 Å². The van der Waals surface area contributed by atoms with E-state index in [1.54, 1.807) is 0 Å². The highest BCUT2D eigenvalue weighted by Gasteiger charge is 2.32. The quantitative estimate of drug-likeness (QED) is 0.798. The molecule has 0 radical (unpaired) electrons. The van der Waals surface area contributed by atoms with E-state index >= 15 is 0 Å². The summed E-state index contributed by atoms with van der Waals surface area (Å²) in [5, 5.41) is 9.31. The summed E-state index contributed by atoms with van der Waals surface area (Å²) < 4.78 is 0. The fraction of sp³-hybridized carbons (Fsp3) is 0.824. The molecule has 0 aromatic carbocycles. The summed E-state index contributed by atoms with van der Waals surface area (Å²) in [6.45, 7) is 6.63. The van der Waals surface area contributed by atoms with Crippen LogP contribution in [0, 0.1) is 11.8 Å². The van der Waals surface area contributed by atoms with Crippen molar-refractivity contribution in [3.8, 4) is 0 Å². The maximum Gasteiger partial charge on any atom is 0.304 e. The van der Waals surface area contributed by atoms with Gasteiger partial charge in [-0.05, 0) is 57.5 Å². The highest BCUT2D eigenvalue weighted by molar-refractivity contribution is 5.67. The van der Waals surface area contributed by atoms with Crippen molar-refractivity contribution >= 4 is 5.97 Å². The second kappa shape index (κ2) is 7.26. The predicted octanol–water partition coefficient (Wildman–Crippen LogP) is 3.70. The molecule has 0 spiro atoms. The fourth-order valence-electron chi connectivity index (χ4n) is 4.09. The molecule has 0 bridgehead atoms. The summed E-state index contributed by atoms with van der Waals surface area (Å²) in [4.78, 5) is 13.8. The summed E-state index contributed by atoms with van der Waals surface area (Å²) in [6, 6.07) is 0.233. The Bertz CT molecular complexity index is 356. The van der Waals surface area contributed by atoms with Gasteiger partial charge in [0.15, 0.2) is 0 Å². The van der Waals surface area contributed by atoms with Gasteiger partial charge >= 0.3 is 5.97 Å². The lowest BCUT2D eigenvalue weighted by Gasteiger charge is -2.38. The molecule has 1 heterocycles. The average Bonchev–Trinajstić information content (AvgIpc) is 2.63. The first-order valence-electron chi connectivity index (χ1n) is 8.19. The van der Waals surface area contributed by atoms with E-state index in [0.29, 0.717) is 18.3 Å². The van der Waals surface area contributed by atoms with Gasteiger partial charge in [0.1, 0.15) is 0 Å². The Balaban J connectivity index is 2.09. The van der Waals surface area contributed by atoms with Crippen LogP contribution in [-0.2, 0) is 4.79 Å². The molecule has 0 saturated carbocycles. The molecule has 1 fully saturated rings. The van der Waals surface area contributed by atoms with Crippen LogP contribution in [0.15, 0.2) is 11.6 Å². The molecule has 0 aromatic rings. The van der Waals surface area contributed by atoms with E-state index in [1.807, 2.05) is 0 Å². The maximum absolute atomic E-state index is 11.3. The zero-order valence-electron chi connectivity index (χ0n) is 13.0. The van der Waals surface area contributed by atoms with Crippen molar-refractivity contribution < 1.29 is 9.90 Å². The van der Waals surface area contributed by atoms with Gasteiger partial charge in [-0.3, -0.25) is 9.69 Å². The number of allylic oxidation sites excluding steroid dienone is 2. The lowest BCUT2D eigenvalue weighted by atomic mass is 9.78. The fourth-order valence-corrected chi connectivity index (χ4v) is 4.09. The van der Waals surface area contributed by atoms with Gasteiger partial charge in [-0.2, -0.15) is 0 Å². The normalized spacial score (nSPS) is 30.4. The third-order valence-corrected chi connectivity index (χ3v) is 4.87. The average molecular weight is 279 g/mol. The Kier molecular flexibility index (Phi) is 5.64. The minimum absolute atomic E-state index is 0.233. The summed E-state index contributed by atoms with van der Waals surface area (Å²) in [5.74, 6) is 0.473. The highest BCUT2D eigenvalue weighted by Crippen LogP contribution is 2.34. The second-order valence-electron chi connectivity index (χ2n) is 6.81. The minimum Gasteiger partial charge on any atom is -0.481 e. The van der Waals surface area contributed by atoms with E-state index in [1.165, 1.54) is 31.3 Å². The van der Waals surface area contributed by atoms with Gasteiger partial charge in [-0.1, -0.05) is 31.4 Å². The molecular weight excluding hydrogens is 250 g/mol. The lowest BCUT2D eigenvalue weighted by molar-refractivity contribution is -0.139. The molecule has 3 nitrogen and oxygen atoms in total. The molecule has 1 aliphatic carbocycles. The van der Waals surface area contributed by atoms with E-state index < -0.39 is 5.97 Å². The zero-order valence-corrected chi connectivity index (χ0v) is 13.0. The van der Waals surface area contributed by atoms with Crippen molar-refractivity contribution in [1.29, 1.82) is 0 Å². The van der Waals surface area contributed by atoms with Crippen LogP contribution >= 0.6 is 0 Å². The summed E-state index contributed by atoms with van der Waals surface area (Å²) >= 11 is 0. The number of hydrogen-bond acceptors (Lipinski definition) is 2. The van der Waals surface area contributed by atoms with Gasteiger partial charge in [0.25, 0.3) is 0 Å². The van der Waals surface area contributed by atoms with Crippen LogP contribution in [-0.4, -0.2) is 35.1 Å². The number of rotatable bonds is 4. The SMILES string of the molecule is CC1=CC(C)CC(C(CC(=O)O)N2CCCCCC2)C1. The molecule has 0 amide bonds. The van der Waals surface area contributed by atoms with Crippen LogP contribution in [0.1, 0.15) is 58.8 Å². The van der Waals surface area contributed by atoms with E-state index in [-0.39, 0.29) is 6.04 Å². The standard InChI is InChI=1S/C17H29NO2/c1-13-9-14(2)11-15(10-13)16(12-17(19)20)18-7-5-3-4-6-8-18/h9,13,15-16H,3-8,10-12H2,1-2H3,(H,19,20). The maximum atomic E-state index is 11.3. The number of carbonyl (C=O) groups is 1. The largest absolute Gasteiger partial charge is 0.481 e. The van der Waals surface area contributed by atoms with E-state index in [0.717, 1.165) is 25.9 Å². The van der Waals surface area contributed by atoms with Crippen molar-refractivity contribution in [2.75, 3.05) is 13.1 Å². The third-order valence-electron chi connectivity index (χ3n) is 4.87. The summed E-state index contributed by atoms with van der Waals surface area (Å²) in [5.41, 5.74) is 1.44. The van der Waals surface area contributed by atoms with Crippen molar-refractivity contribution in [2.24, 2.45) is 11.8 Å². The molecule has 20 heavy (non-hydrogen) atoms. The van der Waals surface area contributed by atoms with Gasteiger partial charge in [0.05, 0.1) is 6.42 Å². The van der Waals surface area contributed by atoms with Crippen molar-refractivity contribution in [1.82, 2.24) is 4.90 Å². The Morgan fingerprint density at radius 2 is 2.00 bits per heavy atom. The first-order valence-corrected chi connectivity index (χ1v) is 8.19. The van der Waals surface area contributed by atoms with Gasteiger partial charge in [-0.25, -0.2) is 0 Å². The number of hydrogen-bond donors (Lipinski definition) is 1. The van der Waals surface area contributed by atoms with Crippen molar-refractivity contribution in [2.45, 2.75) is 64.8 Å². The monoisotopic (exact) mass is 279 g/mol. The number of aliphatic carboxylic acids is 1. The Morgan fingerprint density at radius 1 is 1.35 bits per heavy atom. The molecule has 1 N–H and O–H groups in total. The van der Waals surface area contributed by atoms with Crippen molar-refractivity contribution in [3.63, 3.8) is 0 Å². The molecule has 0 aromatic heterocycles. The molecule has 1 saturated heterocycles. The molecule has 2 aliphatic rings. The van der Waals surface area contributed by atoms with Crippen LogP contribution in [0.4, 0.5) is 0 Å². The van der Waals surface area contributed by atoms with Crippen LogP contribution in [0.3, 0.4) is 0 Å². The number of carboxylic acids is 1. The molecular formula is C17H29NO2. The second-order valence-corrected chi connectivity index (χ2v) is 6.81. The highest BCUT2D eigenvalue weighted by atomic mass is 16.4. The molecule has 1 aliphatic heterocycles. The lowest BCUT2D eigenvalue weighted by Crippen LogP contribution is -2.44. The molecule has 114 valence electrons. The first kappa shape index (κ1) is 15.6. The Hall–Kier alpha value is -0.830. The smallest absolute Gasteiger partial charge is 0.304 e. The van der Waals surface area contributed by atoms with Gasteiger partial charge < -0.3 is 5.11 Å². The molecule has 3 unspecified atom stereocenters. The topological polar surface area (TPSA) is 40.5 Å². The van der Waals surface area contributed by atoms with E-state index in [2.05, 4.69) is 24.8 Å². The number of likely N-dealkylation sites (tertiary alicyclic amines) is 1. The summed E-state index contributed by atoms with van der Waals surface area (Å²) in [6.07, 6.45) is 9.96. The Labute approximate surface area is 123 Å². The zero-order chi connectivity index (χ0) is 14.5. The van der Waals surface area contributed by atoms with Gasteiger partial charge in [0, 0.05) is 6.04 Å². The van der Waals surface area contributed by atoms with Crippen LogP contribution in [0.5, 0.6) is 0 Å². The van der Waals surface area contributed by atoms with Crippen LogP contribution in [0.2, 0.25) is 0 Å². The van der Waals surface area contributed by atoms with E-state index in [9.17, 15) is 9.90 Å². The molecule has 2 rings (SSSR count). The predicted molar refractivity (Wildman–Crippen MR) is 81.7 cm³/mol. The minimum atomic E-state index is -0.640. The number of carboxylic acid groups (broad SMARTS) is 1. The number of nitrogens with zero attached hydrogens (tertiary/aromatic N) is 1. The first-order chi connectivity index (χ1) is 9.56. The molecule has 3 heteroatoms.